The Bertz CT molecular complexity index is 450. The molecule has 1 aliphatic rings. The number of Topliss-reactive ketones (excluding diaryl/α,β-unsaturated/α-hetero) is 1. The third kappa shape index (κ3) is 2.32. The standard InChI is InChI=1S/C15H20FNO/c1-11-9-12(16)5-6-13(11)14(18)15(10-17)7-3-2-4-8-15/h5-6,9H,2-4,7-8,10,17H2,1H3. The highest BCUT2D eigenvalue weighted by atomic mass is 19.1. The van der Waals surface area contributed by atoms with Gasteiger partial charge in [0.15, 0.2) is 5.78 Å². The fourth-order valence-corrected chi connectivity index (χ4v) is 2.92. The second-order valence-electron chi connectivity index (χ2n) is 5.33. The number of halogens is 1. The maximum absolute atomic E-state index is 13.1. The number of hydrogen-bond acceptors (Lipinski definition) is 2. The average molecular weight is 249 g/mol. The number of carbonyl (C=O) groups excluding carboxylic acids is 1. The highest BCUT2D eigenvalue weighted by Crippen LogP contribution is 2.38. The first-order valence-electron chi connectivity index (χ1n) is 6.60. The minimum absolute atomic E-state index is 0.0993. The van der Waals surface area contributed by atoms with E-state index in [-0.39, 0.29) is 11.6 Å². The van der Waals surface area contributed by atoms with E-state index in [0.29, 0.717) is 17.7 Å². The third-order valence-corrected chi connectivity index (χ3v) is 4.12. The maximum Gasteiger partial charge on any atom is 0.170 e. The van der Waals surface area contributed by atoms with Crippen molar-refractivity contribution in [3.8, 4) is 0 Å². The van der Waals surface area contributed by atoms with E-state index in [1.54, 1.807) is 13.0 Å². The van der Waals surface area contributed by atoms with Gasteiger partial charge in [-0.15, -0.1) is 0 Å². The zero-order valence-electron chi connectivity index (χ0n) is 10.8. The van der Waals surface area contributed by atoms with Gasteiger partial charge in [-0.2, -0.15) is 0 Å². The molecule has 0 aromatic heterocycles. The Morgan fingerprint density at radius 1 is 1.33 bits per heavy atom. The average Bonchev–Trinajstić information content (AvgIpc) is 2.39. The van der Waals surface area contributed by atoms with E-state index in [9.17, 15) is 9.18 Å². The van der Waals surface area contributed by atoms with Crippen molar-refractivity contribution < 1.29 is 9.18 Å². The van der Waals surface area contributed by atoms with E-state index in [1.165, 1.54) is 18.6 Å². The van der Waals surface area contributed by atoms with Gasteiger partial charge in [0.25, 0.3) is 0 Å². The van der Waals surface area contributed by atoms with Crippen LogP contribution in [0.5, 0.6) is 0 Å². The summed E-state index contributed by atoms with van der Waals surface area (Å²) in [5.41, 5.74) is 6.78. The van der Waals surface area contributed by atoms with Crippen molar-refractivity contribution in [2.45, 2.75) is 39.0 Å². The van der Waals surface area contributed by atoms with Crippen LogP contribution in [0.15, 0.2) is 18.2 Å². The number of carbonyl (C=O) groups is 1. The number of rotatable bonds is 3. The summed E-state index contributed by atoms with van der Waals surface area (Å²) in [5, 5.41) is 0. The molecule has 0 saturated heterocycles. The van der Waals surface area contributed by atoms with E-state index in [2.05, 4.69) is 0 Å². The Labute approximate surface area is 107 Å². The first-order chi connectivity index (χ1) is 8.59. The Balaban J connectivity index is 2.33. The van der Waals surface area contributed by atoms with E-state index in [0.717, 1.165) is 25.7 Å². The molecule has 2 rings (SSSR count). The van der Waals surface area contributed by atoms with Crippen LogP contribution in [-0.4, -0.2) is 12.3 Å². The molecular formula is C15H20FNO. The summed E-state index contributed by atoms with van der Waals surface area (Å²) >= 11 is 0. The fourth-order valence-electron chi connectivity index (χ4n) is 2.92. The zero-order valence-corrected chi connectivity index (χ0v) is 10.8. The van der Waals surface area contributed by atoms with Crippen molar-refractivity contribution in [1.29, 1.82) is 0 Å². The van der Waals surface area contributed by atoms with Crippen LogP contribution in [0.2, 0.25) is 0 Å². The van der Waals surface area contributed by atoms with Gasteiger partial charge in [-0.3, -0.25) is 4.79 Å². The smallest absolute Gasteiger partial charge is 0.170 e. The lowest BCUT2D eigenvalue weighted by Crippen LogP contribution is -2.40. The van der Waals surface area contributed by atoms with Gasteiger partial charge in [0.2, 0.25) is 0 Å². The minimum Gasteiger partial charge on any atom is -0.329 e. The van der Waals surface area contributed by atoms with Gasteiger partial charge in [-0.05, 0) is 43.5 Å². The third-order valence-electron chi connectivity index (χ3n) is 4.12. The molecule has 1 fully saturated rings. The molecule has 1 saturated carbocycles. The monoisotopic (exact) mass is 249 g/mol. The van der Waals surface area contributed by atoms with Crippen molar-refractivity contribution in [2.24, 2.45) is 11.1 Å². The number of benzene rings is 1. The number of ketones is 1. The fraction of sp³-hybridized carbons (Fsp3) is 0.533. The molecule has 0 amide bonds. The molecule has 0 unspecified atom stereocenters. The van der Waals surface area contributed by atoms with Gasteiger partial charge in [0.1, 0.15) is 5.82 Å². The quantitative estimate of drug-likeness (QED) is 0.836. The van der Waals surface area contributed by atoms with Crippen LogP contribution in [-0.2, 0) is 0 Å². The van der Waals surface area contributed by atoms with Crippen molar-refractivity contribution in [3.63, 3.8) is 0 Å². The molecule has 1 aromatic rings. The highest BCUT2D eigenvalue weighted by Gasteiger charge is 2.38. The number of aryl methyl sites for hydroxylation is 1. The van der Waals surface area contributed by atoms with Crippen LogP contribution in [0.25, 0.3) is 0 Å². The molecule has 0 heterocycles. The van der Waals surface area contributed by atoms with Crippen LogP contribution in [0.4, 0.5) is 4.39 Å². The van der Waals surface area contributed by atoms with Crippen LogP contribution >= 0.6 is 0 Å². The Hall–Kier alpha value is -1.22. The predicted octanol–water partition coefficient (Wildman–Crippen LogP) is 3.23. The Morgan fingerprint density at radius 3 is 2.56 bits per heavy atom. The lowest BCUT2D eigenvalue weighted by atomic mass is 9.69. The van der Waals surface area contributed by atoms with Gasteiger partial charge in [0, 0.05) is 17.5 Å². The summed E-state index contributed by atoms with van der Waals surface area (Å²) in [4.78, 5) is 12.7. The van der Waals surface area contributed by atoms with E-state index in [1.807, 2.05) is 0 Å². The molecule has 1 aliphatic carbocycles. The molecule has 98 valence electrons. The SMILES string of the molecule is Cc1cc(F)ccc1C(=O)C1(CN)CCCCC1. The minimum atomic E-state index is -0.416. The molecule has 0 radical (unpaired) electrons. The molecule has 2 nitrogen and oxygen atoms in total. The summed E-state index contributed by atoms with van der Waals surface area (Å²) in [6.45, 7) is 2.17. The second-order valence-corrected chi connectivity index (χ2v) is 5.33. The summed E-state index contributed by atoms with van der Waals surface area (Å²) in [6.07, 6.45) is 5.02. The van der Waals surface area contributed by atoms with E-state index >= 15 is 0 Å². The molecular weight excluding hydrogens is 229 g/mol. The topological polar surface area (TPSA) is 43.1 Å². The van der Waals surface area contributed by atoms with Gasteiger partial charge in [-0.25, -0.2) is 4.39 Å². The Kier molecular flexibility index (Phi) is 3.81. The van der Waals surface area contributed by atoms with E-state index in [4.69, 9.17) is 5.73 Å². The molecule has 0 bridgehead atoms. The largest absolute Gasteiger partial charge is 0.329 e. The van der Waals surface area contributed by atoms with Gasteiger partial charge in [0.05, 0.1) is 0 Å². The number of hydrogen-bond donors (Lipinski definition) is 1. The van der Waals surface area contributed by atoms with Crippen LogP contribution < -0.4 is 5.73 Å². The van der Waals surface area contributed by atoms with Gasteiger partial charge >= 0.3 is 0 Å². The molecule has 0 spiro atoms. The lowest BCUT2D eigenvalue weighted by molar-refractivity contribution is 0.0728. The van der Waals surface area contributed by atoms with E-state index < -0.39 is 5.41 Å². The summed E-state index contributed by atoms with van der Waals surface area (Å²) in [6, 6.07) is 4.37. The molecule has 3 heteroatoms. The predicted molar refractivity (Wildman–Crippen MR) is 70.0 cm³/mol. The maximum atomic E-state index is 13.1. The molecule has 0 atom stereocenters. The van der Waals surface area contributed by atoms with Crippen LogP contribution in [0.1, 0.15) is 48.0 Å². The summed E-state index contributed by atoms with van der Waals surface area (Å²) in [5.74, 6) is -0.198. The van der Waals surface area contributed by atoms with Gasteiger partial charge in [-0.1, -0.05) is 19.3 Å². The number of nitrogens with two attached hydrogens (primary N) is 1. The summed E-state index contributed by atoms with van der Waals surface area (Å²) < 4.78 is 13.1. The Morgan fingerprint density at radius 2 is 2.00 bits per heavy atom. The molecule has 18 heavy (non-hydrogen) atoms. The van der Waals surface area contributed by atoms with Crippen molar-refractivity contribution in [1.82, 2.24) is 0 Å². The summed E-state index contributed by atoms with van der Waals surface area (Å²) in [7, 11) is 0. The zero-order chi connectivity index (χ0) is 13.2. The van der Waals surface area contributed by atoms with Crippen molar-refractivity contribution in [2.75, 3.05) is 6.54 Å². The second kappa shape index (κ2) is 5.19. The molecule has 1 aromatic carbocycles. The van der Waals surface area contributed by atoms with Crippen molar-refractivity contribution >= 4 is 5.78 Å². The molecule has 0 aliphatic heterocycles. The lowest BCUT2D eigenvalue weighted by Gasteiger charge is -2.35. The van der Waals surface area contributed by atoms with Crippen LogP contribution in [0.3, 0.4) is 0 Å². The highest BCUT2D eigenvalue weighted by molar-refractivity contribution is 6.01. The normalized spacial score (nSPS) is 18.6. The first-order valence-corrected chi connectivity index (χ1v) is 6.60. The van der Waals surface area contributed by atoms with Gasteiger partial charge < -0.3 is 5.73 Å². The van der Waals surface area contributed by atoms with Crippen molar-refractivity contribution in [3.05, 3.63) is 35.1 Å². The first kappa shape index (κ1) is 13.2. The van der Waals surface area contributed by atoms with Crippen LogP contribution in [0, 0.1) is 18.2 Å². The molecule has 2 N–H and O–H groups in total.